The molecule has 0 spiro atoms. The van der Waals surface area contributed by atoms with E-state index < -0.39 is 0 Å². The van der Waals surface area contributed by atoms with E-state index in [1.165, 1.54) is 12.4 Å². The van der Waals surface area contributed by atoms with Crippen LogP contribution >= 0.6 is 0 Å². The molecule has 1 aliphatic rings. The van der Waals surface area contributed by atoms with Crippen molar-refractivity contribution in [2.75, 3.05) is 6.54 Å². The highest BCUT2D eigenvalue weighted by atomic mass is 19.1. The van der Waals surface area contributed by atoms with Crippen LogP contribution in [0.2, 0.25) is 0 Å². The molecule has 5 rings (SSSR count). The molecule has 162 valence electrons. The molecule has 0 unspecified atom stereocenters. The maximum absolute atomic E-state index is 14.7. The summed E-state index contributed by atoms with van der Waals surface area (Å²) in [5.41, 5.74) is 10.1. The van der Waals surface area contributed by atoms with E-state index in [9.17, 15) is 4.39 Å². The zero-order valence-corrected chi connectivity index (χ0v) is 17.4. The molecule has 0 radical (unpaired) electrons. The first-order chi connectivity index (χ1) is 15.5. The summed E-state index contributed by atoms with van der Waals surface area (Å²) in [5.74, 6) is 0.539. The van der Waals surface area contributed by atoms with Crippen molar-refractivity contribution in [2.24, 2.45) is 17.8 Å². The van der Waals surface area contributed by atoms with Gasteiger partial charge in [0.25, 0.3) is 0 Å². The number of hydrogen-bond donors (Lipinski definition) is 2. The predicted octanol–water partition coefficient (Wildman–Crippen LogP) is 2.99. The van der Waals surface area contributed by atoms with Crippen LogP contribution in [0.3, 0.4) is 0 Å². The van der Waals surface area contributed by atoms with E-state index in [4.69, 9.17) is 10.3 Å². The van der Waals surface area contributed by atoms with Crippen LogP contribution in [0.5, 0.6) is 0 Å². The molecule has 0 bridgehead atoms. The average Bonchev–Trinajstić information content (AvgIpc) is 3.51. The first-order valence-corrected chi connectivity index (χ1v) is 10.0. The normalized spacial score (nSPS) is 14.4. The minimum atomic E-state index is -0.365. The number of nitrogens with one attached hydrogen (secondary N) is 1. The molecule has 0 fully saturated rings. The van der Waals surface area contributed by atoms with E-state index in [0.717, 1.165) is 35.4 Å². The van der Waals surface area contributed by atoms with Crippen molar-refractivity contribution in [1.82, 2.24) is 30.0 Å². The summed E-state index contributed by atoms with van der Waals surface area (Å²) in [6.45, 7) is 5.59. The highest BCUT2D eigenvalue weighted by Gasteiger charge is 2.21. The third kappa shape index (κ3) is 3.45. The second kappa shape index (κ2) is 7.80. The van der Waals surface area contributed by atoms with Crippen LogP contribution in [0.1, 0.15) is 17.0 Å². The van der Waals surface area contributed by atoms with Crippen LogP contribution in [0.15, 0.2) is 58.6 Å². The van der Waals surface area contributed by atoms with Gasteiger partial charge in [0.05, 0.1) is 29.9 Å². The van der Waals surface area contributed by atoms with Crippen molar-refractivity contribution >= 4 is 22.9 Å². The van der Waals surface area contributed by atoms with E-state index in [1.54, 1.807) is 36.4 Å². The summed E-state index contributed by atoms with van der Waals surface area (Å²) in [6, 6.07) is 3.16. The van der Waals surface area contributed by atoms with Crippen molar-refractivity contribution < 1.29 is 8.91 Å². The van der Waals surface area contributed by atoms with Gasteiger partial charge in [-0.05, 0) is 12.1 Å². The minimum absolute atomic E-state index is 0.365. The number of halogens is 1. The third-order valence-corrected chi connectivity index (χ3v) is 5.53. The van der Waals surface area contributed by atoms with Gasteiger partial charge in [-0.15, -0.1) is 0 Å². The van der Waals surface area contributed by atoms with Crippen LogP contribution in [0.25, 0.3) is 27.7 Å². The van der Waals surface area contributed by atoms with E-state index in [-0.39, 0.29) is 5.82 Å². The molecule has 4 heterocycles. The summed E-state index contributed by atoms with van der Waals surface area (Å²) in [5, 5.41) is 16.0. The molecule has 0 saturated heterocycles. The lowest BCUT2D eigenvalue weighted by molar-refractivity contribution is 0.295. The monoisotopic (exact) mass is 432 g/mol. The summed E-state index contributed by atoms with van der Waals surface area (Å²) < 4.78 is 21.6. The fourth-order valence-corrected chi connectivity index (χ4v) is 3.90. The Morgan fingerprint density at radius 3 is 3.03 bits per heavy atom. The Balaban J connectivity index is 1.53. The molecule has 0 atom stereocenters. The number of aliphatic imine (C=N–C) groups is 1. The number of nitrogens with zero attached hydrogens (tertiary/aromatic N) is 6. The molecule has 1 aromatic carbocycles. The SMILES string of the molecule is C=C(/C=C(\N=C/N)c1n[nH]c2cc(F)c(-c3cnn(C)c3)cc12)N1CCc2oncc2C1. The molecule has 0 amide bonds. The fourth-order valence-electron chi connectivity index (χ4n) is 3.90. The van der Waals surface area contributed by atoms with Gasteiger partial charge in [-0.25, -0.2) is 9.38 Å². The second-order valence-electron chi connectivity index (χ2n) is 7.60. The molecule has 3 aromatic heterocycles. The number of nitrogens with two attached hydrogens (primary N) is 1. The Labute approximate surface area is 182 Å². The van der Waals surface area contributed by atoms with Crippen LogP contribution in [0, 0.1) is 5.82 Å². The molecule has 0 aliphatic carbocycles. The molecule has 1 aliphatic heterocycles. The van der Waals surface area contributed by atoms with E-state index >= 15 is 0 Å². The van der Waals surface area contributed by atoms with Crippen molar-refractivity contribution in [3.8, 4) is 11.1 Å². The molecular weight excluding hydrogens is 411 g/mol. The quantitative estimate of drug-likeness (QED) is 0.285. The summed E-state index contributed by atoms with van der Waals surface area (Å²) in [4.78, 5) is 6.43. The van der Waals surface area contributed by atoms with Gasteiger partial charge in [0.15, 0.2) is 0 Å². The van der Waals surface area contributed by atoms with E-state index in [0.29, 0.717) is 34.6 Å². The van der Waals surface area contributed by atoms with Gasteiger partial charge in [0, 0.05) is 66.6 Å². The van der Waals surface area contributed by atoms with Crippen molar-refractivity contribution in [1.29, 1.82) is 0 Å². The number of rotatable bonds is 5. The lowest BCUT2D eigenvalue weighted by Gasteiger charge is -2.28. The summed E-state index contributed by atoms with van der Waals surface area (Å²) in [7, 11) is 1.79. The van der Waals surface area contributed by atoms with Crippen molar-refractivity contribution in [3.63, 3.8) is 0 Å². The Hall–Kier alpha value is -4.21. The highest BCUT2D eigenvalue weighted by Crippen LogP contribution is 2.32. The maximum atomic E-state index is 14.7. The van der Waals surface area contributed by atoms with Crippen LogP contribution in [-0.4, -0.2) is 42.9 Å². The first-order valence-electron chi connectivity index (χ1n) is 10.0. The third-order valence-electron chi connectivity index (χ3n) is 5.53. The van der Waals surface area contributed by atoms with Crippen LogP contribution in [0.4, 0.5) is 4.39 Å². The number of hydrogen-bond acceptors (Lipinski definition) is 6. The second-order valence-corrected chi connectivity index (χ2v) is 7.60. The first kappa shape index (κ1) is 19.7. The summed E-state index contributed by atoms with van der Waals surface area (Å²) >= 11 is 0. The molecule has 10 heteroatoms. The Bertz CT molecular complexity index is 1380. The average molecular weight is 432 g/mol. The predicted molar refractivity (Wildman–Crippen MR) is 119 cm³/mol. The Kier molecular flexibility index (Phi) is 4.81. The molecule has 0 saturated carbocycles. The zero-order valence-electron chi connectivity index (χ0n) is 17.4. The molecule has 32 heavy (non-hydrogen) atoms. The Morgan fingerprint density at radius 2 is 2.25 bits per heavy atom. The Morgan fingerprint density at radius 1 is 1.38 bits per heavy atom. The number of fused-ring (bicyclic) bond motifs is 2. The number of allylic oxidation sites excluding steroid dienone is 1. The lowest BCUT2D eigenvalue weighted by Crippen LogP contribution is -2.28. The number of aromatic amines is 1. The lowest BCUT2D eigenvalue weighted by atomic mass is 10.0. The molecule has 9 nitrogen and oxygen atoms in total. The smallest absolute Gasteiger partial charge is 0.143 e. The number of aromatic nitrogens is 5. The molecule has 4 aromatic rings. The molecule has 3 N–H and O–H groups in total. The van der Waals surface area contributed by atoms with Gasteiger partial charge in [-0.3, -0.25) is 9.78 Å². The van der Waals surface area contributed by atoms with Gasteiger partial charge in [-0.2, -0.15) is 10.2 Å². The van der Waals surface area contributed by atoms with Crippen molar-refractivity contribution in [3.05, 3.63) is 71.9 Å². The van der Waals surface area contributed by atoms with Crippen LogP contribution in [-0.2, 0) is 20.0 Å². The van der Waals surface area contributed by atoms with Gasteiger partial charge in [0.2, 0.25) is 0 Å². The van der Waals surface area contributed by atoms with Gasteiger partial charge in [-0.1, -0.05) is 11.7 Å². The number of H-pyrrole nitrogens is 1. The summed E-state index contributed by atoms with van der Waals surface area (Å²) in [6.07, 6.45) is 8.89. The van der Waals surface area contributed by atoms with E-state index in [2.05, 4.69) is 36.9 Å². The van der Waals surface area contributed by atoms with Gasteiger partial charge >= 0.3 is 0 Å². The highest BCUT2D eigenvalue weighted by molar-refractivity contribution is 5.94. The fraction of sp³-hybridized carbons (Fsp3) is 0.182. The zero-order chi connectivity index (χ0) is 22.2. The van der Waals surface area contributed by atoms with E-state index in [1.807, 2.05) is 6.08 Å². The number of aryl methyl sites for hydroxylation is 1. The van der Waals surface area contributed by atoms with Gasteiger partial charge in [0.1, 0.15) is 17.3 Å². The maximum Gasteiger partial charge on any atom is 0.143 e. The standard InChI is InChI=1S/C22H21FN8O/c1-13(31-4-3-21-15(11-31)9-27-32-21)5-20(25-12-24)22-17-6-16(14-8-26-30(2)10-14)18(23)7-19(17)28-29-22/h5-10,12H,1,3-4,11H2,2H3,(H2,24,25)(H,28,29)/b20-5-. The topological polar surface area (TPSA) is 114 Å². The van der Waals surface area contributed by atoms with Gasteiger partial charge < -0.3 is 15.2 Å². The molecular formula is C22H21FN8O. The van der Waals surface area contributed by atoms with Crippen LogP contribution < -0.4 is 5.73 Å². The minimum Gasteiger partial charge on any atom is -0.390 e. The largest absolute Gasteiger partial charge is 0.390 e. The number of benzene rings is 1. The van der Waals surface area contributed by atoms with Crippen molar-refractivity contribution in [2.45, 2.75) is 13.0 Å².